The first-order valence-corrected chi connectivity index (χ1v) is 10.4. The highest BCUT2D eigenvalue weighted by Crippen LogP contribution is 2.42. The Morgan fingerprint density at radius 3 is 2.80 bits per heavy atom. The predicted molar refractivity (Wildman–Crippen MR) is 113 cm³/mol. The van der Waals surface area contributed by atoms with Crippen molar-refractivity contribution >= 4 is 22.9 Å². The van der Waals surface area contributed by atoms with E-state index in [0.717, 1.165) is 61.2 Å². The fourth-order valence-corrected chi connectivity index (χ4v) is 4.76. The molecule has 8 heteroatoms. The van der Waals surface area contributed by atoms with E-state index in [1.807, 2.05) is 30.2 Å². The number of nitrogens with one attached hydrogen (secondary N) is 1. The fraction of sp³-hybridized carbons (Fsp3) is 0.455. The van der Waals surface area contributed by atoms with Crippen molar-refractivity contribution in [1.29, 1.82) is 0 Å². The van der Waals surface area contributed by atoms with E-state index in [1.54, 1.807) is 13.3 Å². The van der Waals surface area contributed by atoms with Gasteiger partial charge in [-0.15, -0.1) is 0 Å². The van der Waals surface area contributed by atoms with E-state index in [2.05, 4.69) is 30.9 Å². The maximum atomic E-state index is 13.4. The van der Waals surface area contributed by atoms with Crippen molar-refractivity contribution in [3.63, 3.8) is 0 Å². The van der Waals surface area contributed by atoms with Crippen molar-refractivity contribution in [2.75, 3.05) is 31.6 Å². The first kappa shape index (κ1) is 18.8. The van der Waals surface area contributed by atoms with E-state index in [0.29, 0.717) is 18.4 Å². The second kappa shape index (κ2) is 7.27. The molecule has 0 saturated carbocycles. The van der Waals surface area contributed by atoms with Crippen LogP contribution in [0.15, 0.2) is 30.6 Å². The summed E-state index contributed by atoms with van der Waals surface area (Å²) in [6.07, 6.45) is 6.33. The van der Waals surface area contributed by atoms with Gasteiger partial charge in [-0.25, -0.2) is 9.97 Å². The second-order valence-corrected chi connectivity index (χ2v) is 8.31. The van der Waals surface area contributed by atoms with Crippen LogP contribution in [0.25, 0.3) is 11.0 Å². The molecule has 1 N–H and O–H groups in total. The van der Waals surface area contributed by atoms with Crippen molar-refractivity contribution in [2.24, 2.45) is 5.41 Å². The van der Waals surface area contributed by atoms with Gasteiger partial charge >= 0.3 is 0 Å². The number of rotatable bonds is 4. The highest BCUT2D eigenvalue weighted by atomic mass is 16.5. The molecule has 0 aliphatic carbocycles. The number of methoxy groups -OCH3 is 1. The third kappa shape index (κ3) is 3.16. The van der Waals surface area contributed by atoms with Gasteiger partial charge in [0.1, 0.15) is 5.65 Å². The monoisotopic (exact) mass is 406 g/mol. The Bertz CT molecular complexity index is 1090. The Morgan fingerprint density at radius 1 is 1.20 bits per heavy atom. The maximum absolute atomic E-state index is 13.4. The van der Waals surface area contributed by atoms with Crippen molar-refractivity contribution < 1.29 is 9.53 Å². The molecule has 30 heavy (non-hydrogen) atoms. The van der Waals surface area contributed by atoms with Gasteiger partial charge in [0.2, 0.25) is 17.7 Å². The lowest BCUT2D eigenvalue weighted by Gasteiger charge is -2.38. The molecule has 0 radical (unpaired) electrons. The number of aryl methyl sites for hydroxylation is 1. The molecule has 1 spiro atoms. The zero-order chi connectivity index (χ0) is 20.7. The summed E-state index contributed by atoms with van der Waals surface area (Å²) in [5.41, 5.74) is 2.62. The van der Waals surface area contributed by atoms with E-state index < -0.39 is 0 Å². The number of carbonyl (C=O) groups excluding carboxylic acids is 1. The molecule has 0 atom stereocenters. The minimum absolute atomic E-state index is 0.255. The number of carbonyl (C=O) groups is 1. The SMILES string of the molecule is COc1cc(C)nc(N2CCC3(CCN(Cc4c[nH]c5ncccc45)C3=O)CC2)n1. The summed E-state index contributed by atoms with van der Waals surface area (Å²) < 4.78 is 5.29. The highest BCUT2D eigenvalue weighted by molar-refractivity contribution is 5.86. The smallest absolute Gasteiger partial charge is 0.229 e. The first-order valence-electron chi connectivity index (χ1n) is 10.4. The van der Waals surface area contributed by atoms with Crippen LogP contribution >= 0.6 is 0 Å². The van der Waals surface area contributed by atoms with E-state index in [4.69, 9.17) is 4.74 Å². The minimum Gasteiger partial charge on any atom is -0.481 e. The molecule has 1 amide bonds. The molecule has 5 heterocycles. The molecule has 0 bridgehead atoms. The Kier molecular flexibility index (Phi) is 4.56. The van der Waals surface area contributed by atoms with E-state index in [9.17, 15) is 4.79 Å². The number of fused-ring (bicyclic) bond motifs is 1. The predicted octanol–water partition coefficient (Wildman–Crippen LogP) is 2.69. The number of piperidine rings is 1. The molecular formula is C22H26N6O2. The van der Waals surface area contributed by atoms with Gasteiger partial charge in [-0.05, 0) is 43.9 Å². The van der Waals surface area contributed by atoms with Gasteiger partial charge in [-0.3, -0.25) is 4.79 Å². The number of amides is 1. The summed E-state index contributed by atoms with van der Waals surface area (Å²) in [4.78, 5) is 34.2. The normalized spacial score (nSPS) is 18.5. The van der Waals surface area contributed by atoms with Crippen LogP contribution in [0, 0.1) is 12.3 Å². The van der Waals surface area contributed by atoms with Crippen LogP contribution < -0.4 is 9.64 Å². The number of aromatic nitrogens is 4. The van der Waals surface area contributed by atoms with Crippen LogP contribution in [0.2, 0.25) is 0 Å². The molecule has 2 aliphatic heterocycles. The summed E-state index contributed by atoms with van der Waals surface area (Å²) in [7, 11) is 1.62. The number of ether oxygens (including phenoxy) is 1. The number of pyridine rings is 1. The average molecular weight is 406 g/mol. The summed E-state index contributed by atoms with van der Waals surface area (Å²) in [6, 6.07) is 5.82. The Hall–Kier alpha value is -3.16. The second-order valence-electron chi connectivity index (χ2n) is 8.31. The van der Waals surface area contributed by atoms with Crippen LogP contribution in [-0.2, 0) is 11.3 Å². The number of H-pyrrole nitrogens is 1. The number of anilines is 1. The van der Waals surface area contributed by atoms with Crippen molar-refractivity contribution in [3.05, 3.63) is 41.9 Å². The lowest BCUT2D eigenvalue weighted by atomic mass is 9.77. The molecule has 156 valence electrons. The molecule has 0 unspecified atom stereocenters. The van der Waals surface area contributed by atoms with Crippen LogP contribution in [-0.4, -0.2) is 57.5 Å². The van der Waals surface area contributed by atoms with E-state index in [1.165, 1.54) is 0 Å². The third-order valence-corrected chi connectivity index (χ3v) is 6.53. The van der Waals surface area contributed by atoms with Crippen LogP contribution in [0.5, 0.6) is 5.88 Å². The quantitative estimate of drug-likeness (QED) is 0.717. The number of hydrogen-bond acceptors (Lipinski definition) is 6. The van der Waals surface area contributed by atoms with Gasteiger partial charge in [0, 0.05) is 55.7 Å². The van der Waals surface area contributed by atoms with Crippen molar-refractivity contribution in [1.82, 2.24) is 24.8 Å². The van der Waals surface area contributed by atoms with Gasteiger partial charge in [-0.1, -0.05) is 0 Å². The summed E-state index contributed by atoms with van der Waals surface area (Å²) in [6.45, 7) is 4.94. The van der Waals surface area contributed by atoms with Crippen molar-refractivity contribution in [2.45, 2.75) is 32.7 Å². The van der Waals surface area contributed by atoms with Gasteiger partial charge in [0.25, 0.3) is 0 Å². The van der Waals surface area contributed by atoms with Gasteiger partial charge in [-0.2, -0.15) is 4.98 Å². The van der Waals surface area contributed by atoms with E-state index >= 15 is 0 Å². The molecule has 0 aromatic carbocycles. The topological polar surface area (TPSA) is 87.2 Å². The lowest BCUT2D eigenvalue weighted by molar-refractivity contribution is -0.137. The molecule has 2 saturated heterocycles. The van der Waals surface area contributed by atoms with Gasteiger partial charge in [0.05, 0.1) is 12.5 Å². The Morgan fingerprint density at radius 2 is 2.00 bits per heavy atom. The molecule has 2 aliphatic rings. The lowest BCUT2D eigenvalue weighted by Crippen LogP contribution is -2.45. The van der Waals surface area contributed by atoms with Crippen LogP contribution in [0.1, 0.15) is 30.5 Å². The number of likely N-dealkylation sites (tertiary alicyclic amines) is 1. The molecular weight excluding hydrogens is 380 g/mol. The Labute approximate surface area is 175 Å². The number of nitrogens with zero attached hydrogens (tertiary/aromatic N) is 5. The zero-order valence-electron chi connectivity index (χ0n) is 17.4. The largest absolute Gasteiger partial charge is 0.481 e. The summed E-state index contributed by atoms with van der Waals surface area (Å²) >= 11 is 0. The maximum Gasteiger partial charge on any atom is 0.229 e. The zero-order valence-corrected chi connectivity index (χ0v) is 17.4. The van der Waals surface area contributed by atoms with Crippen molar-refractivity contribution in [3.8, 4) is 5.88 Å². The molecule has 8 nitrogen and oxygen atoms in total. The van der Waals surface area contributed by atoms with Crippen LogP contribution in [0.4, 0.5) is 5.95 Å². The third-order valence-electron chi connectivity index (χ3n) is 6.53. The number of hydrogen-bond donors (Lipinski definition) is 1. The molecule has 5 rings (SSSR count). The van der Waals surface area contributed by atoms with E-state index in [-0.39, 0.29) is 11.3 Å². The average Bonchev–Trinajstić information content (AvgIpc) is 3.31. The van der Waals surface area contributed by atoms with Gasteiger partial charge in [0.15, 0.2) is 0 Å². The molecule has 3 aromatic heterocycles. The molecule has 2 fully saturated rings. The van der Waals surface area contributed by atoms with Gasteiger partial charge < -0.3 is 19.5 Å². The minimum atomic E-state index is -0.255. The Balaban J connectivity index is 1.28. The number of aromatic amines is 1. The molecule has 3 aromatic rings. The summed E-state index contributed by atoms with van der Waals surface area (Å²) in [5.74, 6) is 1.55. The summed E-state index contributed by atoms with van der Waals surface area (Å²) in [5, 5.41) is 1.09. The standard InChI is InChI=1S/C22H26N6O2/c1-15-12-18(30-2)26-21(25-15)27-9-5-22(6-10-27)7-11-28(20(22)29)14-16-13-24-19-17(16)4-3-8-23-19/h3-4,8,12-13H,5-7,9-11,14H2,1-2H3,(H,23,24). The first-order chi connectivity index (χ1) is 14.6. The fourth-order valence-electron chi connectivity index (χ4n) is 4.76. The highest BCUT2D eigenvalue weighted by Gasteiger charge is 2.48. The van der Waals surface area contributed by atoms with Crippen LogP contribution in [0.3, 0.4) is 0 Å².